The van der Waals surface area contributed by atoms with Gasteiger partial charge < -0.3 is 4.74 Å². The number of amides is 1. The zero-order chi connectivity index (χ0) is 18.8. The van der Waals surface area contributed by atoms with Gasteiger partial charge in [0.25, 0.3) is 5.91 Å². The van der Waals surface area contributed by atoms with Crippen molar-refractivity contribution in [2.24, 2.45) is 7.05 Å². The molecular weight excluding hydrogens is 360 g/mol. The Morgan fingerprint density at radius 2 is 2.00 bits per heavy atom. The fourth-order valence-electron chi connectivity index (χ4n) is 2.79. The number of fused-ring (bicyclic) bond motifs is 1. The highest BCUT2D eigenvalue weighted by Gasteiger charge is 2.23. The molecule has 0 radical (unpaired) electrons. The number of methoxy groups -OCH3 is 1. The van der Waals surface area contributed by atoms with Crippen molar-refractivity contribution in [1.82, 2.24) is 14.8 Å². The molecule has 2 heterocycles. The minimum Gasteiger partial charge on any atom is -0.497 e. The first kappa shape index (κ1) is 17.2. The highest BCUT2D eigenvalue weighted by atomic mass is 32.1. The van der Waals surface area contributed by atoms with E-state index in [1.807, 2.05) is 48.5 Å². The van der Waals surface area contributed by atoms with E-state index in [4.69, 9.17) is 4.74 Å². The third-order valence-electron chi connectivity index (χ3n) is 4.18. The first-order chi connectivity index (χ1) is 13.1. The molecule has 2 aromatic heterocycles. The molecule has 0 bridgehead atoms. The molecule has 0 saturated carbocycles. The quantitative estimate of drug-likeness (QED) is 0.529. The monoisotopic (exact) mass is 378 g/mol. The smallest absolute Gasteiger partial charge is 0.280 e. The van der Waals surface area contributed by atoms with Crippen LogP contribution in [0.2, 0.25) is 0 Å². The van der Waals surface area contributed by atoms with E-state index in [2.05, 4.69) is 10.1 Å². The lowest BCUT2D eigenvalue weighted by molar-refractivity contribution is 0.0979. The molecule has 2 aromatic carbocycles. The van der Waals surface area contributed by atoms with Crippen LogP contribution in [0, 0.1) is 0 Å². The van der Waals surface area contributed by atoms with Crippen LogP contribution in [0.25, 0.3) is 10.2 Å². The van der Waals surface area contributed by atoms with Crippen LogP contribution in [-0.2, 0) is 13.6 Å². The molecule has 0 aliphatic heterocycles. The lowest BCUT2D eigenvalue weighted by Crippen LogP contribution is -2.30. The Morgan fingerprint density at radius 1 is 1.19 bits per heavy atom. The summed E-state index contributed by atoms with van der Waals surface area (Å²) < 4.78 is 7.88. The maximum absolute atomic E-state index is 13.2. The zero-order valence-electron chi connectivity index (χ0n) is 15.0. The average molecular weight is 378 g/mol. The number of carbonyl (C=O) groups is 1. The molecule has 0 fully saturated rings. The Bertz CT molecular complexity index is 1090. The van der Waals surface area contributed by atoms with Crippen molar-refractivity contribution >= 4 is 32.6 Å². The molecule has 1 amide bonds. The molecule has 7 heteroatoms. The first-order valence-electron chi connectivity index (χ1n) is 8.44. The Kier molecular flexibility index (Phi) is 4.60. The summed E-state index contributed by atoms with van der Waals surface area (Å²) in [7, 11) is 3.43. The van der Waals surface area contributed by atoms with Crippen LogP contribution >= 0.6 is 11.3 Å². The summed E-state index contributed by atoms with van der Waals surface area (Å²) in [6, 6.07) is 17.3. The molecule has 27 heavy (non-hydrogen) atoms. The first-order valence-corrected chi connectivity index (χ1v) is 9.26. The van der Waals surface area contributed by atoms with Crippen molar-refractivity contribution in [3.8, 4) is 5.75 Å². The number of thiazole rings is 1. The van der Waals surface area contributed by atoms with Gasteiger partial charge in [-0.1, -0.05) is 41.7 Å². The van der Waals surface area contributed by atoms with Gasteiger partial charge in [0.2, 0.25) is 0 Å². The van der Waals surface area contributed by atoms with Gasteiger partial charge in [-0.3, -0.25) is 14.4 Å². The van der Waals surface area contributed by atoms with Crippen molar-refractivity contribution in [2.75, 3.05) is 12.0 Å². The Morgan fingerprint density at radius 3 is 2.70 bits per heavy atom. The van der Waals surface area contributed by atoms with Gasteiger partial charge in [-0.25, -0.2) is 4.98 Å². The van der Waals surface area contributed by atoms with Crippen molar-refractivity contribution < 1.29 is 9.53 Å². The molecular formula is C20H18N4O2S. The van der Waals surface area contributed by atoms with Gasteiger partial charge in [0.1, 0.15) is 5.75 Å². The molecule has 4 rings (SSSR count). The largest absolute Gasteiger partial charge is 0.497 e. The standard InChI is InChI=1S/C20H18N4O2S/c1-23-11-10-17(22-23)19(25)24(13-14-6-4-3-5-7-14)20-21-16-9-8-15(26-2)12-18(16)27-20/h3-12H,13H2,1-2H3. The SMILES string of the molecule is COc1ccc2nc(N(Cc3ccccc3)C(=O)c3ccn(C)n3)sc2c1. The van der Waals surface area contributed by atoms with Crippen molar-refractivity contribution in [2.45, 2.75) is 6.54 Å². The number of aromatic nitrogens is 3. The maximum atomic E-state index is 13.2. The number of hydrogen-bond acceptors (Lipinski definition) is 5. The third kappa shape index (κ3) is 3.54. The van der Waals surface area contributed by atoms with Gasteiger partial charge >= 0.3 is 0 Å². The molecule has 136 valence electrons. The number of rotatable bonds is 5. The van der Waals surface area contributed by atoms with Gasteiger partial charge in [0, 0.05) is 13.2 Å². The maximum Gasteiger partial charge on any atom is 0.280 e. The van der Waals surface area contributed by atoms with E-state index >= 15 is 0 Å². The topological polar surface area (TPSA) is 60.2 Å². The van der Waals surface area contributed by atoms with E-state index in [0.717, 1.165) is 21.5 Å². The molecule has 0 aliphatic rings. The van der Waals surface area contributed by atoms with E-state index in [9.17, 15) is 4.79 Å². The summed E-state index contributed by atoms with van der Waals surface area (Å²) in [6.07, 6.45) is 1.76. The van der Waals surface area contributed by atoms with Gasteiger partial charge in [0.05, 0.1) is 23.9 Å². The fraction of sp³-hybridized carbons (Fsp3) is 0.150. The summed E-state index contributed by atoms with van der Waals surface area (Å²) in [5, 5.41) is 4.90. The van der Waals surface area contributed by atoms with E-state index < -0.39 is 0 Å². The summed E-state index contributed by atoms with van der Waals surface area (Å²) in [5.74, 6) is 0.592. The normalized spacial score (nSPS) is 10.9. The van der Waals surface area contributed by atoms with Crippen LogP contribution in [0.15, 0.2) is 60.8 Å². The molecule has 0 saturated heterocycles. The number of anilines is 1. The summed E-state index contributed by atoms with van der Waals surface area (Å²) in [6.45, 7) is 0.424. The highest BCUT2D eigenvalue weighted by molar-refractivity contribution is 7.22. The average Bonchev–Trinajstić information content (AvgIpc) is 3.31. The van der Waals surface area contributed by atoms with Crippen molar-refractivity contribution in [1.29, 1.82) is 0 Å². The molecule has 4 aromatic rings. The third-order valence-corrected chi connectivity index (χ3v) is 5.22. The number of carbonyl (C=O) groups excluding carboxylic acids is 1. The second-order valence-electron chi connectivity index (χ2n) is 6.08. The van der Waals surface area contributed by atoms with Gasteiger partial charge in [-0.15, -0.1) is 0 Å². The van der Waals surface area contributed by atoms with Gasteiger partial charge in [0.15, 0.2) is 10.8 Å². The lowest BCUT2D eigenvalue weighted by atomic mass is 10.2. The van der Waals surface area contributed by atoms with E-state index in [1.54, 1.807) is 36.0 Å². The number of ether oxygens (including phenoxy) is 1. The Labute approximate surface area is 160 Å². The summed E-state index contributed by atoms with van der Waals surface area (Å²) in [4.78, 5) is 19.5. The number of benzene rings is 2. The minimum absolute atomic E-state index is 0.175. The van der Waals surface area contributed by atoms with Crippen LogP contribution in [0.1, 0.15) is 16.1 Å². The molecule has 0 spiro atoms. The van der Waals surface area contributed by atoms with Gasteiger partial charge in [-0.2, -0.15) is 5.10 Å². The van der Waals surface area contributed by atoms with E-state index in [1.165, 1.54) is 11.3 Å². The highest BCUT2D eigenvalue weighted by Crippen LogP contribution is 2.32. The van der Waals surface area contributed by atoms with E-state index in [-0.39, 0.29) is 5.91 Å². The van der Waals surface area contributed by atoms with Crippen molar-refractivity contribution in [3.05, 3.63) is 72.1 Å². The number of nitrogens with zero attached hydrogens (tertiary/aromatic N) is 4. The van der Waals surface area contributed by atoms with Crippen LogP contribution < -0.4 is 9.64 Å². The number of aryl methyl sites for hydroxylation is 1. The van der Waals surface area contributed by atoms with E-state index in [0.29, 0.717) is 17.4 Å². The summed E-state index contributed by atoms with van der Waals surface area (Å²) in [5.41, 5.74) is 2.26. The predicted molar refractivity (Wildman–Crippen MR) is 106 cm³/mol. The molecule has 0 aliphatic carbocycles. The Balaban J connectivity index is 1.75. The summed E-state index contributed by atoms with van der Waals surface area (Å²) >= 11 is 1.46. The molecule has 6 nitrogen and oxygen atoms in total. The molecule has 0 N–H and O–H groups in total. The molecule has 0 unspecified atom stereocenters. The van der Waals surface area contributed by atoms with Crippen LogP contribution in [0.3, 0.4) is 0 Å². The van der Waals surface area contributed by atoms with Gasteiger partial charge in [-0.05, 0) is 29.8 Å². The van der Waals surface area contributed by atoms with Crippen molar-refractivity contribution in [3.63, 3.8) is 0 Å². The van der Waals surface area contributed by atoms with Crippen LogP contribution in [0.4, 0.5) is 5.13 Å². The minimum atomic E-state index is -0.175. The second-order valence-corrected chi connectivity index (χ2v) is 7.09. The molecule has 0 atom stereocenters. The second kappa shape index (κ2) is 7.20. The Hall–Kier alpha value is -3.19. The fourth-order valence-corrected chi connectivity index (χ4v) is 3.79. The lowest BCUT2D eigenvalue weighted by Gasteiger charge is -2.19. The number of hydrogen-bond donors (Lipinski definition) is 0. The van der Waals surface area contributed by atoms with Crippen LogP contribution in [0.5, 0.6) is 5.75 Å². The predicted octanol–water partition coefficient (Wildman–Crippen LogP) is 3.89. The van der Waals surface area contributed by atoms with Crippen LogP contribution in [-0.4, -0.2) is 27.8 Å². The zero-order valence-corrected chi connectivity index (χ0v) is 15.8.